The highest BCUT2D eigenvalue weighted by molar-refractivity contribution is 7.91. The van der Waals surface area contributed by atoms with Gasteiger partial charge in [-0.25, -0.2) is 23.2 Å². The molecule has 1 aromatic carbocycles. The van der Waals surface area contributed by atoms with E-state index in [9.17, 15) is 13.4 Å². The van der Waals surface area contributed by atoms with Crippen LogP contribution in [0.25, 0.3) is 0 Å². The van der Waals surface area contributed by atoms with E-state index in [2.05, 4.69) is 20.8 Å². The fraction of sp³-hybridized carbons (Fsp3) is 0.500. The number of rotatable bonds is 2. The molecule has 3 atom stereocenters. The van der Waals surface area contributed by atoms with E-state index in [0.29, 0.717) is 31.1 Å². The molecule has 2 heterocycles. The van der Waals surface area contributed by atoms with Crippen molar-refractivity contribution in [3.8, 4) is 5.88 Å². The third-order valence-electron chi connectivity index (χ3n) is 5.98. The highest BCUT2D eigenvalue weighted by atomic mass is 32.2. The maximum atomic E-state index is 14.0. The van der Waals surface area contributed by atoms with Gasteiger partial charge in [-0.15, -0.1) is 4.36 Å². The van der Waals surface area contributed by atoms with Crippen LogP contribution in [0.3, 0.4) is 0 Å². The van der Waals surface area contributed by atoms with Crippen molar-refractivity contribution in [3.63, 3.8) is 0 Å². The number of benzene rings is 1. The zero-order valence-corrected chi connectivity index (χ0v) is 17.5. The summed E-state index contributed by atoms with van der Waals surface area (Å²) >= 11 is 0. The molecule has 0 spiro atoms. The van der Waals surface area contributed by atoms with Crippen LogP contribution in [0.5, 0.6) is 5.88 Å². The van der Waals surface area contributed by atoms with Gasteiger partial charge in [0.05, 0.1) is 19.3 Å². The highest BCUT2D eigenvalue weighted by Gasteiger charge is 2.30. The van der Waals surface area contributed by atoms with E-state index in [1.165, 1.54) is 6.20 Å². The number of nitrogens with zero attached hydrogens (tertiary/aromatic N) is 3. The Morgan fingerprint density at radius 1 is 1.37 bits per heavy atom. The van der Waals surface area contributed by atoms with Gasteiger partial charge in [-0.1, -0.05) is 13.0 Å². The number of aromatic nitrogens is 2. The molecule has 8 nitrogen and oxygen atoms in total. The Morgan fingerprint density at radius 2 is 2.20 bits per heavy atom. The molecule has 1 aliphatic heterocycles. The molecule has 2 amide bonds. The SMILES string of the molecule is C[C@H]1COc2c(S(N)(=O)=NC(=O)Nc3c4c(cc5c3C[C@H](F)C5)CCC4)cnn2C1. The Balaban J connectivity index is 1.47. The van der Waals surface area contributed by atoms with Crippen molar-refractivity contribution in [2.45, 2.75) is 56.6 Å². The quantitative estimate of drug-likeness (QED) is 0.758. The van der Waals surface area contributed by atoms with E-state index in [-0.39, 0.29) is 17.2 Å². The van der Waals surface area contributed by atoms with Crippen LogP contribution in [-0.4, -0.2) is 32.8 Å². The molecule has 3 aliphatic rings. The first-order chi connectivity index (χ1) is 14.3. The monoisotopic (exact) mass is 433 g/mol. The van der Waals surface area contributed by atoms with Gasteiger partial charge in [0.25, 0.3) is 0 Å². The number of nitrogens with one attached hydrogen (secondary N) is 1. The minimum absolute atomic E-state index is 0.108. The van der Waals surface area contributed by atoms with Crippen molar-refractivity contribution in [2.75, 3.05) is 11.9 Å². The topological polar surface area (TPSA) is 112 Å². The summed E-state index contributed by atoms with van der Waals surface area (Å²) in [6.07, 6.45) is 3.73. The van der Waals surface area contributed by atoms with Gasteiger partial charge in [-0.2, -0.15) is 5.10 Å². The number of carbonyl (C=O) groups is 1. The van der Waals surface area contributed by atoms with Crippen molar-refractivity contribution in [1.82, 2.24) is 9.78 Å². The Morgan fingerprint density at radius 3 is 3.03 bits per heavy atom. The van der Waals surface area contributed by atoms with Crippen LogP contribution in [0.15, 0.2) is 21.5 Å². The lowest BCUT2D eigenvalue weighted by molar-refractivity contribution is 0.171. The van der Waals surface area contributed by atoms with Gasteiger partial charge in [0.2, 0.25) is 5.88 Å². The van der Waals surface area contributed by atoms with Gasteiger partial charge < -0.3 is 10.1 Å². The third kappa shape index (κ3) is 3.27. The molecule has 0 radical (unpaired) electrons. The molecule has 1 unspecified atom stereocenters. The molecule has 0 bridgehead atoms. The van der Waals surface area contributed by atoms with Crippen LogP contribution in [-0.2, 0) is 42.1 Å². The van der Waals surface area contributed by atoms with E-state index in [0.717, 1.165) is 41.5 Å². The number of alkyl halides is 1. The number of amides is 2. The number of hydrogen-bond acceptors (Lipinski definition) is 4. The summed E-state index contributed by atoms with van der Waals surface area (Å²) in [7, 11) is -3.55. The second kappa shape index (κ2) is 7.05. The molecule has 0 saturated carbocycles. The molecule has 2 aliphatic carbocycles. The fourth-order valence-corrected chi connectivity index (χ4v) is 5.66. The first-order valence-corrected chi connectivity index (χ1v) is 11.7. The Labute approximate surface area is 174 Å². The highest BCUT2D eigenvalue weighted by Crippen LogP contribution is 2.39. The molecule has 0 saturated heterocycles. The van der Waals surface area contributed by atoms with Crippen molar-refractivity contribution >= 4 is 21.6 Å². The number of aryl methyl sites for hydroxylation is 1. The third-order valence-corrected chi connectivity index (χ3v) is 7.33. The molecule has 30 heavy (non-hydrogen) atoms. The summed E-state index contributed by atoms with van der Waals surface area (Å²) in [5.41, 5.74) is 4.52. The van der Waals surface area contributed by atoms with Crippen molar-refractivity contribution in [2.24, 2.45) is 15.4 Å². The minimum Gasteiger partial charge on any atom is -0.477 e. The van der Waals surface area contributed by atoms with E-state index in [1.807, 2.05) is 6.92 Å². The van der Waals surface area contributed by atoms with E-state index in [4.69, 9.17) is 9.88 Å². The van der Waals surface area contributed by atoms with Gasteiger partial charge >= 0.3 is 6.03 Å². The fourth-order valence-electron chi connectivity index (χ4n) is 4.65. The predicted molar refractivity (Wildman–Crippen MR) is 110 cm³/mol. The Kier molecular flexibility index (Phi) is 4.59. The van der Waals surface area contributed by atoms with Gasteiger partial charge in [-0.3, -0.25) is 0 Å². The van der Waals surface area contributed by atoms with Crippen LogP contribution >= 0.6 is 0 Å². The molecular weight excluding hydrogens is 409 g/mol. The van der Waals surface area contributed by atoms with Crippen molar-refractivity contribution in [3.05, 3.63) is 34.5 Å². The molecule has 2 aromatic rings. The van der Waals surface area contributed by atoms with Crippen LogP contribution in [0.1, 0.15) is 35.6 Å². The largest absolute Gasteiger partial charge is 0.477 e. The average molecular weight is 434 g/mol. The average Bonchev–Trinajstić information content (AvgIpc) is 3.37. The maximum absolute atomic E-state index is 14.0. The Bertz CT molecular complexity index is 1170. The summed E-state index contributed by atoms with van der Waals surface area (Å²) in [6, 6.07) is 1.25. The molecule has 5 rings (SSSR count). The molecule has 0 fully saturated rings. The second-order valence-electron chi connectivity index (χ2n) is 8.39. The van der Waals surface area contributed by atoms with E-state index in [1.54, 1.807) is 4.68 Å². The first-order valence-electron chi connectivity index (χ1n) is 10.2. The summed E-state index contributed by atoms with van der Waals surface area (Å²) in [5, 5.41) is 12.9. The van der Waals surface area contributed by atoms with Crippen LogP contribution < -0.4 is 15.2 Å². The smallest absolute Gasteiger partial charge is 0.354 e. The van der Waals surface area contributed by atoms with E-state index < -0.39 is 22.1 Å². The number of hydrogen-bond donors (Lipinski definition) is 2. The standard InChI is InChI=1S/C20H24FN5O3S/c1-11-9-26-19(29-10-11)17(8-23-26)30(22,28)25-20(27)24-18-15-4-2-3-12(15)5-13-6-14(21)7-16(13)18/h5,8,11,14H,2-4,6-7,9-10H2,1H3,(H3,22,24,25,27,28)/t11-,14-,30?/m1/s1. The molecule has 160 valence electrons. The molecule has 1 aromatic heterocycles. The minimum atomic E-state index is -3.55. The maximum Gasteiger partial charge on any atom is 0.354 e. The van der Waals surface area contributed by atoms with Crippen LogP contribution in [0.4, 0.5) is 14.9 Å². The lowest BCUT2D eigenvalue weighted by Crippen LogP contribution is -2.25. The summed E-state index contributed by atoms with van der Waals surface area (Å²) < 4.78 is 38.1. The number of nitrogens with two attached hydrogens (primary N) is 1. The zero-order chi connectivity index (χ0) is 21.0. The van der Waals surface area contributed by atoms with E-state index >= 15 is 0 Å². The Hall–Kier alpha value is -2.46. The number of fused-ring (bicyclic) bond motifs is 3. The van der Waals surface area contributed by atoms with Gasteiger partial charge in [0.1, 0.15) is 11.1 Å². The normalized spacial score (nSPS) is 23.7. The summed E-state index contributed by atoms with van der Waals surface area (Å²) in [4.78, 5) is 12.8. The van der Waals surface area contributed by atoms with Crippen molar-refractivity contribution in [1.29, 1.82) is 0 Å². The lowest BCUT2D eigenvalue weighted by Gasteiger charge is -2.21. The number of anilines is 1. The first kappa shape index (κ1) is 19.5. The number of urea groups is 1. The van der Waals surface area contributed by atoms with Gasteiger partial charge in [0.15, 0.2) is 9.92 Å². The molecule has 3 N–H and O–H groups in total. The van der Waals surface area contributed by atoms with Crippen molar-refractivity contribution < 1.29 is 18.1 Å². The number of carbonyl (C=O) groups excluding carboxylic acids is 1. The van der Waals surface area contributed by atoms with Crippen LogP contribution in [0.2, 0.25) is 0 Å². The lowest BCUT2D eigenvalue weighted by atomic mass is 9.99. The van der Waals surface area contributed by atoms with Crippen LogP contribution in [0, 0.1) is 5.92 Å². The van der Waals surface area contributed by atoms with Gasteiger partial charge in [0, 0.05) is 24.4 Å². The predicted octanol–water partition coefficient (Wildman–Crippen LogP) is 2.77. The molecule has 10 heteroatoms. The van der Waals surface area contributed by atoms with Gasteiger partial charge in [-0.05, 0) is 41.5 Å². The second-order valence-corrected chi connectivity index (χ2v) is 10.1. The zero-order valence-electron chi connectivity index (χ0n) is 16.7. The summed E-state index contributed by atoms with van der Waals surface area (Å²) in [5.74, 6) is 0.555. The molecular formula is C20H24FN5O3S. The number of halogens is 1. The number of ether oxygens (including phenoxy) is 1. The summed E-state index contributed by atoms with van der Waals surface area (Å²) in [6.45, 7) is 3.08.